The summed E-state index contributed by atoms with van der Waals surface area (Å²) in [6.07, 6.45) is 4.52. The first-order valence-electron chi connectivity index (χ1n) is 10.7. The summed E-state index contributed by atoms with van der Waals surface area (Å²) in [5.41, 5.74) is 1.25. The maximum Gasteiger partial charge on any atom is 0.263 e. The van der Waals surface area contributed by atoms with Crippen molar-refractivity contribution in [3.05, 3.63) is 70.4 Å². The smallest absolute Gasteiger partial charge is 0.263 e. The largest absolute Gasteiger partial charge is 0.497 e. The van der Waals surface area contributed by atoms with Gasteiger partial charge in [0.25, 0.3) is 5.56 Å². The van der Waals surface area contributed by atoms with E-state index in [-0.39, 0.29) is 11.1 Å². The van der Waals surface area contributed by atoms with Gasteiger partial charge in [0.2, 0.25) is 5.95 Å². The molecule has 0 bridgehead atoms. The number of methoxy groups -OCH3 is 1. The second-order valence-corrected chi connectivity index (χ2v) is 7.83. The summed E-state index contributed by atoms with van der Waals surface area (Å²) >= 11 is 0. The molecule has 0 radical (unpaired) electrons. The van der Waals surface area contributed by atoms with Crippen LogP contribution in [0.4, 0.5) is 10.3 Å². The van der Waals surface area contributed by atoms with E-state index in [2.05, 4.69) is 17.2 Å². The minimum atomic E-state index is -0.738. The Morgan fingerprint density at radius 1 is 1.45 bits per heavy atom. The van der Waals surface area contributed by atoms with Gasteiger partial charge in [-0.1, -0.05) is 18.7 Å². The second-order valence-electron chi connectivity index (χ2n) is 7.83. The first kappa shape index (κ1) is 24.0. The predicted molar refractivity (Wildman–Crippen MR) is 129 cm³/mol. The van der Waals surface area contributed by atoms with E-state index in [1.165, 1.54) is 10.6 Å². The number of nitrogens with one attached hydrogen (secondary N) is 2. The van der Waals surface area contributed by atoms with Gasteiger partial charge in [0.05, 0.1) is 23.9 Å². The number of allylic oxidation sites excluding steroid dienone is 5. The number of hydrogen-bond donors (Lipinski definition) is 2. The highest BCUT2D eigenvalue weighted by Gasteiger charge is 2.20. The molecular formula is C25H28FN5O2. The zero-order valence-electron chi connectivity index (χ0n) is 19.1. The Bertz CT molecular complexity index is 1180. The molecule has 1 unspecified atom stereocenters. The standard InChI is InChI=1S/C25H28FN5O2/c1-5-17(14-27)21(26)13-16(2)23-22(18-8-10-20(33-4)11-9-18)24(32)31(3)25(30-23)29-15-19-7-6-12-28-19/h5,8-11,13,19,28H,1,6-7,12,15H2,2-4H3,(H,29,30)/b16-13+,21-17-. The number of rotatable bonds is 8. The van der Waals surface area contributed by atoms with Crippen LogP contribution in [0.2, 0.25) is 0 Å². The van der Waals surface area contributed by atoms with E-state index in [1.807, 2.05) is 0 Å². The lowest BCUT2D eigenvalue weighted by atomic mass is 10.00. The van der Waals surface area contributed by atoms with Gasteiger partial charge in [0.1, 0.15) is 17.6 Å². The molecule has 0 saturated carbocycles. The number of nitriles is 1. The van der Waals surface area contributed by atoms with Gasteiger partial charge in [0, 0.05) is 19.6 Å². The summed E-state index contributed by atoms with van der Waals surface area (Å²) < 4.78 is 21.3. The third kappa shape index (κ3) is 5.38. The molecule has 0 aliphatic carbocycles. The number of nitrogens with zero attached hydrogens (tertiary/aromatic N) is 3. The Labute approximate surface area is 192 Å². The summed E-state index contributed by atoms with van der Waals surface area (Å²) in [6.45, 7) is 6.72. The molecule has 1 atom stereocenters. The van der Waals surface area contributed by atoms with Crippen molar-refractivity contribution in [1.29, 1.82) is 5.26 Å². The van der Waals surface area contributed by atoms with Crippen LogP contribution in [-0.2, 0) is 7.05 Å². The summed E-state index contributed by atoms with van der Waals surface area (Å²) in [6, 6.07) is 9.10. The predicted octanol–water partition coefficient (Wildman–Crippen LogP) is 3.96. The van der Waals surface area contributed by atoms with Crippen molar-refractivity contribution in [3.63, 3.8) is 0 Å². The lowest BCUT2D eigenvalue weighted by Crippen LogP contribution is -2.32. The van der Waals surface area contributed by atoms with E-state index in [0.717, 1.165) is 25.5 Å². The number of hydrogen-bond acceptors (Lipinski definition) is 6. The Morgan fingerprint density at radius 2 is 2.18 bits per heavy atom. The van der Waals surface area contributed by atoms with Crippen molar-refractivity contribution >= 4 is 11.5 Å². The molecule has 8 heteroatoms. The molecule has 0 amide bonds. The molecule has 3 rings (SSSR count). The van der Waals surface area contributed by atoms with E-state index in [1.54, 1.807) is 51.4 Å². The fraction of sp³-hybridized carbons (Fsp3) is 0.320. The molecule has 0 spiro atoms. The number of ether oxygens (including phenoxy) is 1. The fourth-order valence-electron chi connectivity index (χ4n) is 3.74. The fourth-order valence-corrected chi connectivity index (χ4v) is 3.74. The van der Waals surface area contributed by atoms with Gasteiger partial charge < -0.3 is 15.4 Å². The van der Waals surface area contributed by atoms with Crippen LogP contribution in [-0.4, -0.2) is 35.8 Å². The summed E-state index contributed by atoms with van der Waals surface area (Å²) in [4.78, 5) is 18.1. The van der Waals surface area contributed by atoms with E-state index < -0.39 is 5.83 Å². The van der Waals surface area contributed by atoms with Gasteiger partial charge in [-0.25, -0.2) is 9.37 Å². The lowest BCUT2D eigenvalue weighted by Gasteiger charge is -2.18. The average molecular weight is 450 g/mol. The van der Waals surface area contributed by atoms with Crippen LogP contribution in [0.1, 0.15) is 25.5 Å². The number of aromatic nitrogens is 2. The van der Waals surface area contributed by atoms with Crippen molar-refractivity contribution in [2.45, 2.75) is 25.8 Å². The van der Waals surface area contributed by atoms with Crippen molar-refractivity contribution in [3.8, 4) is 22.9 Å². The van der Waals surface area contributed by atoms with Gasteiger partial charge >= 0.3 is 0 Å². The maximum absolute atomic E-state index is 14.6. The Balaban J connectivity index is 2.15. The van der Waals surface area contributed by atoms with Gasteiger partial charge in [-0.3, -0.25) is 9.36 Å². The quantitative estimate of drug-likeness (QED) is 0.468. The Hall–Kier alpha value is -3.70. The second kappa shape index (κ2) is 10.7. The van der Waals surface area contributed by atoms with E-state index in [4.69, 9.17) is 15.0 Å². The zero-order valence-corrected chi connectivity index (χ0v) is 19.1. The number of halogens is 1. The van der Waals surface area contributed by atoms with Gasteiger partial charge in [-0.05, 0) is 61.7 Å². The Kier molecular flexibility index (Phi) is 7.80. The van der Waals surface area contributed by atoms with Crippen molar-refractivity contribution in [1.82, 2.24) is 14.9 Å². The number of anilines is 1. The molecular weight excluding hydrogens is 421 g/mol. The first-order chi connectivity index (χ1) is 15.9. The van der Waals surface area contributed by atoms with Crippen molar-refractivity contribution in [2.75, 3.05) is 25.5 Å². The molecule has 2 heterocycles. The molecule has 33 heavy (non-hydrogen) atoms. The first-order valence-corrected chi connectivity index (χ1v) is 10.7. The highest BCUT2D eigenvalue weighted by Crippen LogP contribution is 2.28. The van der Waals surface area contributed by atoms with Crippen LogP contribution in [0.3, 0.4) is 0 Å². The summed E-state index contributed by atoms with van der Waals surface area (Å²) in [5.74, 6) is 0.304. The normalized spacial score (nSPS) is 16.7. The summed E-state index contributed by atoms with van der Waals surface area (Å²) in [5, 5.41) is 15.8. The molecule has 1 aromatic heterocycles. The highest BCUT2D eigenvalue weighted by atomic mass is 19.1. The molecule has 2 aromatic rings. The average Bonchev–Trinajstić information content (AvgIpc) is 3.34. The molecule has 1 aliphatic rings. The molecule has 1 aromatic carbocycles. The van der Waals surface area contributed by atoms with Gasteiger partial charge in [0.15, 0.2) is 0 Å². The number of benzene rings is 1. The van der Waals surface area contributed by atoms with Gasteiger partial charge in [-0.2, -0.15) is 5.26 Å². The van der Waals surface area contributed by atoms with Crippen molar-refractivity contribution < 1.29 is 9.13 Å². The molecule has 1 fully saturated rings. The van der Waals surface area contributed by atoms with Crippen LogP contribution >= 0.6 is 0 Å². The molecule has 7 nitrogen and oxygen atoms in total. The third-order valence-corrected chi connectivity index (χ3v) is 5.64. The minimum absolute atomic E-state index is 0.185. The van der Waals surface area contributed by atoms with Crippen LogP contribution < -0.4 is 20.9 Å². The molecule has 2 N–H and O–H groups in total. The highest BCUT2D eigenvalue weighted by molar-refractivity contribution is 5.79. The third-order valence-electron chi connectivity index (χ3n) is 5.64. The molecule has 1 aliphatic heterocycles. The Morgan fingerprint density at radius 3 is 2.76 bits per heavy atom. The van der Waals surface area contributed by atoms with Crippen LogP contribution in [0, 0.1) is 11.3 Å². The van der Waals surface area contributed by atoms with E-state index in [0.29, 0.717) is 46.7 Å². The lowest BCUT2D eigenvalue weighted by molar-refractivity contribution is 0.415. The molecule has 172 valence electrons. The van der Waals surface area contributed by atoms with Crippen molar-refractivity contribution in [2.24, 2.45) is 7.05 Å². The summed E-state index contributed by atoms with van der Waals surface area (Å²) in [7, 11) is 3.22. The minimum Gasteiger partial charge on any atom is -0.497 e. The maximum atomic E-state index is 14.6. The topological polar surface area (TPSA) is 92.0 Å². The zero-order chi connectivity index (χ0) is 24.0. The SMILES string of the molecule is C=C/C(C#N)=C(F)\C=C(/C)c1nc(NCC2CCCN2)n(C)c(=O)c1-c1ccc(OC)cc1. The van der Waals surface area contributed by atoms with Crippen LogP contribution in [0.25, 0.3) is 16.7 Å². The van der Waals surface area contributed by atoms with Crippen LogP contribution in [0.5, 0.6) is 5.75 Å². The van der Waals surface area contributed by atoms with E-state index in [9.17, 15) is 9.18 Å². The van der Waals surface area contributed by atoms with Crippen LogP contribution in [0.15, 0.2) is 59.2 Å². The molecule has 1 saturated heterocycles. The van der Waals surface area contributed by atoms with E-state index >= 15 is 0 Å². The van der Waals surface area contributed by atoms with Gasteiger partial charge in [-0.15, -0.1) is 0 Å². The monoisotopic (exact) mass is 449 g/mol.